The topological polar surface area (TPSA) is 62.2 Å². The molecular formula is C32H35N5OS. The molecule has 0 saturated carbocycles. The molecule has 3 heterocycles. The highest BCUT2D eigenvalue weighted by Gasteiger charge is 2.41. The lowest BCUT2D eigenvalue weighted by molar-refractivity contribution is -0.116. The number of nitrogens with one attached hydrogen (secondary N) is 2. The second-order valence-corrected chi connectivity index (χ2v) is 10.8. The van der Waals surface area contributed by atoms with Crippen LogP contribution < -0.4 is 10.6 Å². The largest absolute Gasteiger partial charge is 0.352 e. The van der Waals surface area contributed by atoms with E-state index in [0.29, 0.717) is 18.1 Å². The van der Waals surface area contributed by atoms with Crippen LogP contribution in [0.15, 0.2) is 72.9 Å². The molecule has 0 bridgehead atoms. The summed E-state index contributed by atoms with van der Waals surface area (Å²) in [7, 11) is 0. The van der Waals surface area contributed by atoms with E-state index in [1.165, 1.54) is 11.1 Å². The predicted octanol–water partition coefficient (Wildman–Crippen LogP) is 6.42. The zero-order chi connectivity index (χ0) is 27.7. The van der Waals surface area contributed by atoms with Crippen molar-refractivity contribution in [3.05, 3.63) is 112 Å². The van der Waals surface area contributed by atoms with Crippen LogP contribution in [0, 0.1) is 34.6 Å². The molecule has 2 aromatic heterocycles. The van der Waals surface area contributed by atoms with Gasteiger partial charge in [0, 0.05) is 41.9 Å². The molecule has 1 saturated heterocycles. The Balaban J connectivity index is 1.46. The number of aromatic nitrogens is 2. The zero-order valence-electron chi connectivity index (χ0n) is 23.2. The summed E-state index contributed by atoms with van der Waals surface area (Å²) in [6.07, 6.45) is 2.13. The lowest BCUT2D eigenvalue weighted by Crippen LogP contribution is -2.33. The van der Waals surface area contributed by atoms with Crippen LogP contribution in [0.25, 0.3) is 5.69 Å². The summed E-state index contributed by atoms with van der Waals surface area (Å²) in [6, 6.07) is 22.6. The van der Waals surface area contributed by atoms with Crippen molar-refractivity contribution in [3.63, 3.8) is 0 Å². The van der Waals surface area contributed by atoms with Gasteiger partial charge in [-0.3, -0.25) is 9.78 Å². The minimum Gasteiger partial charge on any atom is -0.352 e. The van der Waals surface area contributed by atoms with E-state index < -0.39 is 0 Å². The van der Waals surface area contributed by atoms with Gasteiger partial charge in [-0.25, -0.2) is 0 Å². The number of hydrogen-bond donors (Lipinski definition) is 2. The molecule has 2 atom stereocenters. The van der Waals surface area contributed by atoms with Gasteiger partial charge in [-0.1, -0.05) is 35.9 Å². The Morgan fingerprint density at radius 1 is 0.974 bits per heavy atom. The fourth-order valence-corrected chi connectivity index (χ4v) is 5.80. The van der Waals surface area contributed by atoms with E-state index in [9.17, 15) is 4.79 Å². The van der Waals surface area contributed by atoms with Crippen LogP contribution in [0.1, 0.15) is 57.8 Å². The number of aryl methyl sites for hydroxylation is 4. The standard InChI is InChI=1S/C32H35N5OS/c1-20-10-13-25(14-11-20)37-23(4)19-26(24(37)5)31-30(27-8-6-7-16-33-27)35-32(39)36(31)17-15-29(38)34-28-18-21(2)9-12-22(28)3/h6-14,16,18-19,30-31H,15,17H2,1-5H3,(H,34,38)(H,35,39). The fourth-order valence-electron chi connectivity index (χ4n) is 5.47. The number of amides is 1. The minimum atomic E-state index is -0.132. The van der Waals surface area contributed by atoms with E-state index in [2.05, 4.69) is 82.3 Å². The van der Waals surface area contributed by atoms with Gasteiger partial charge in [-0.05, 0) is 99.9 Å². The molecule has 200 valence electrons. The lowest BCUT2D eigenvalue weighted by atomic mass is 9.96. The van der Waals surface area contributed by atoms with Crippen LogP contribution in [0.5, 0.6) is 0 Å². The first kappa shape index (κ1) is 26.6. The first-order valence-electron chi connectivity index (χ1n) is 13.3. The number of nitrogens with zero attached hydrogens (tertiary/aromatic N) is 3. The number of carbonyl (C=O) groups is 1. The van der Waals surface area contributed by atoms with E-state index in [1.54, 1.807) is 0 Å². The third kappa shape index (κ3) is 5.45. The number of benzene rings is 2. The molecular weight excluding hydrogens is 502 g/mol. The Kier molecular flexibility index (Phi) is 7.53. The Morgan fingerprint density at radius 3 is 2.44 bits per heavy atom. The number of anilines is 1. The monoisotopic (exact) mass is 537 g/mol. The average molecular weight is 538 g/mol. The van der Waals surface area contributed by atoms with Crippen molar-refractivity contribution in [1.29, 1.82) is 0 Å². The van der Waals surface area contributed by atoms with E-state index in [4.69, 9.17) is 12.2 Å². The third-order valence-electron chi connectivity index (χ3n) is 7.53. The number of thiocarbonyl (C=S) groups is 1. The molecule has 7 heteroatoms. The normalized spacial score (nSPS) is 16.8. The van der Waals surface area contributed by atoms with Crippen molar-refractivity contribution in [1.82, 2.24) is 19.8 Å². The summed E-state index contributed by atoms with van der Waals surface area (Å²) in [5.41, 5.74) is 9.77. The van der Waals surface area contributed by atoms with Crippen LogP contribution in [-0.2, 0) is 4.79 Å². The maximum absolute atomic E-state index is 13.1. The molecule has 6 nitrogen and oxygen atoms in total. The van der Waals surface area contributed by atoms with E-state index in [1.807, 2.05) is 50.4 Å². The van der Waals surface area contributed by atoms with Gasteiger partial charge >= 0.3 is 0 Å². The molecule has 1 aliphatic heterocycles. The lowest BCUT2D eigenvalue weighted by Gasteiger charge is -2.28. The SMILES string of the molecule is Cc1ccc(-n2c(C)cc(C3C(c4ccccn4)NC(=S)N3CCC(=O)Nc3cc(C)ccc3C)c2C)cc1. The molecule has 2 N–H and O–H groups in total. The Hall–Kier alpha value is -3.97. The predicted molar refractivity (Wildman–Crippen MR) is 161 cm³/mol. The Bertz CT molecular complexity index is 1510. The molecule has 5 rings (SSSR count). The van der Waals surface area contributed by atoms with Gasteiger partial charge in [-0.15, -0.1) is 0 Å². The first-order valence-corrected chi connectivity index (χ1v) is 13.7. The fraction of sp³-hybridized carbons (Fsp3) is 0.281. The number of hydrogen-bond acceptors (Lipinski definition) is 3. The van der Waals surface area contributed by atoms with Gasteiger partial charge in [0.15, 0.2) is 5.11 Å². The molecule has 4 aromatic rings. The summed E-state index contributed by atoms with van der Waals surface area (Å²) in [4.78, 5) is 19.9. The Morgan fingerprint density at radius 2 is 1.72 bits per heavy atom. The quantitative estimate of drug-likeness (QED) is 0.267. The van der Waals surface area contributed by atoms with Gasteiger partial charge in [0.1, 0.15) is 0 Å². The van der Waals surface area contributed by atoms with Gasteiger partial charge in [0.25, 0.3) is 0 Å². The molecule has 2 aromatic carbocycles. The van der Waals surface area contributed by atoms with Crippen molar-refractivity contribution in [2.45, 2.75) is 53.1 Å². The van der Waals surface area contributed by atoms with Crippen molar-refractivity contribution in [2.75, 3.05) is 11.9 Å². The molecule has 0 spiro atoms. The zero-order valence-corrected chi connectivity index (χ0v) is 24.0. The average Bonchev–Trinajstić information content (AvgIpc) is 3.40. The van der Waals surface area contributed by atoms with Crippen LogP contribution in [0.3, 0.4) is 0 Å². The highest BCUT2D eigenvalue weighted by atomic mass is 32.1. The number of carbonyl (C=O) groups excluding carboxylic acids is 1. The first-order chi connectivity index (χ1) is 18.7. The summed E-state index contributed by atoms with van der Waals surface area (Å²) < 4.78 is 2.29. The van der Waals surface area contributed by atoms with Gasteiger partial charge in [-0.2, -0.15) is 0 Å². The van der Waals surface area contributed by atoms with Crippen LogP contribution in [0.4, 0.5) is 5.69 Å². The van der Waals surface area contributed by atoms with E-state index in [-0.39, 0.29) is 18.0 Å². The maximum atomic E-state index is 13.1. The summed E-state index contributed by atoms with van der Waals surface area (Å²) in [6.45, 7) is 10.9. The van der Waals surface area contributed by atoms with Crippen LogP contribution >= 0.6 is 12.2 Å². The molecule has 1 fully saturated rings. The summed E-state index contributed by atoms with van der Waals surface area (Å²) in [5.74, 6) is -0.0309. The van der Waals surface area contributed by atoms with E-state index >= 15 is 0 Å². The maximum Gasteiger partial charge on any atom is 0.226 e. The summed E-state index contributed by atoms with van der Waals surface area (Å²) in [5, 5.41) is 7.24. The highest BCUT2D eigenvalue weighted by molar-refractivity contribution is 7.80. The van der Waals surface area contributed by atoms with Gasteiger partial charge < -0.3 is 20.1 Å². The highest BCUT2D eigenvalue weighted by Crippen LogP contribution is 2.41. The molecule has 39 heavy (non-hydrogen) atoms. The van der Waals surface area contributed by atoms with Crippen molar-refractivity contribution in [3.8, 4) is 5.69 Å². The Labute approximate surface area is 236 Å². The van der Waals surface area contributed by atoms with Crippen LogP contribution in [-0.4, -0.2) is 32.0 Å². The van der Waals surface area contributed by atoms with E-state index in [0.717, 1.165) is 39.6 Å². The molecule has 1 amide bonds. The third-order valence-corrected chi connectivity index (χ3v) is 7.88. The summed E-state index contributed by atoms with van der Waals surface area (Å²) >= 11 is 5.85. The molecule has 0 aliphatic carbocycles. The molecule has 1 aliphatic rings. The minimum absolute atomic E-state index is 0.0309. The van der Waals surface area contributed by atoms with Gasteiger partial charge in [0.05, 0.1) is 17.8 Å². The smallest absolute Gasteiger partial charge is 0.226 e. The van der Waals surface area contributed by atoms with Crippen molar-refractivity contribution < 1.29 is 4.79 Å². The second kappa shape index (κ2) is 11.0. The van der Waals surface area contributed by atoms with Crippen LogP contribution in [0.2, 0.25) is 0 Å². The van der Waals surface area contributed by atoms with Crippen molar-refractivity contribution >= 4 is 28.9 Å². The second-order valence-electron chi connectivity index (χ2n) is 10.4. The van der Waals surface area contributed by atoms with Crippen molar-refractivity contribution in [2.24, 2.45) is 0 Å². The molecule has 0 radical (unpaired) electrons. The number of pyridine rings is 1. The number of rotatable bonds is 7. The van der Waals surface area contributed by atoms with Gasteiger partial charge in [0.2, 0.25) is 5.91 Å². The molecule has 2 unspecified atom stereocenters.